The van der Waals surface area contributed by atoms with Crippen LogP contribution in [0.3, 0.4) is 0 Å². The zero-order valence-electron chi connectivity index (χ0n) is 17.6. The highest BCUT2D eigenvalue weighted by Gasteiger charge is 2.40. The Kier molecular flexibility index (Phi) is 5.91. The molecule has 1 fully saturated rings. The van der Waals surface area contributed by atoms with Gasteiger partial charge in [0.1, 0.15) is 11.4 Å². The van der Waals surface area contributed by atoms with Gasteiger partial charge in [-0.2, -0.15) is 0 Å². The van der Waals surface area contributed by atoms with Gasteiger partial charge < -0.3 is 19.5 Å². The molecule has 0 saturated carbocycles. The van der Waals surface area contributed by atoms with Crippen molar-refractivity contribution in [3.8, 4) is 17.2 Å². The van der Waals surface area contributed by atoms with Crippen LogP contribution in [-0.2, 0) is 0 Å². The molecule has 1 spiro atoms. The van der Waals surface area contributed by atoms with Crippen LogP contribution in [0.5, 0.6) is 17.2 Å². The maximum atomic E-state index is 10.5. The van der Waals surface area contributed by atoms with Crippen LogP contribution >= 0.6 is 11.6 Å². The second-order valence-corrected chi connectivity index (χ2v) is 8.51. The molecule has 4 rings (SSSR count). The van der Waals surface area contributed by atoms with E-state index in [9.17, 15) is 5.11 Å². The van der Waals surface area contributed by atoms with Crippen LogP contribution in [-0.4, -0.2) is 55.7 Å². The fourth-order valence-corrected chi connectivity index (χ4v) is 4.50. The molecular formula is C23H28ClN3O3. The summed E-state index contributed by atoms with van der Waals surface area (Å²) in [6.45, 7) is 1.92. The van der Waals surface area contributed by atoms with Gasteiger partial charge in [-0.15, -0.1) is 0 Å². The summed E-state index contributed by atoms with van der Waals surface area (Å²) in [5.41, 5.74) is 2.30. The molecule has 0 aliphatic carbocycles. The van der Waals surface area contributed by atoms with Gasteiger partial charge in [0.2, 0.25) is 0 Å². The van der Waals surface area contributed by atoms with Crippen molar-refractivity contribution in [2.75, 3.05) is 34.4 Å². The minimum atomic E-state index is -0.368. The van der Waals surface area contributed by atoms with E-state index in [-0.39, 0.29) is 17.5 Å². The van der Waals surface area contributed by atoms with Crippen molar-refractivity contribution in [1.29, 1.82) is 0 Å². The molecule has 0 radical (unpaired) electrons. The molecule has 2 aliphatic rings. The monoisotopic (exact) mass is 429 g/mol. The highest BCUT2D eigenvalue weighted by atomic mass is 35.5. The topological polar surface area (TPSA) is 66.3 Å². The van der Waals surface area contributed by atoms with Crippen molar-refractivity contribution in [2.45, 2.75) is 31.0 Å². The molecule has 7 heteroatoms. The number of benzene rings is 2. The van der Waals surface area contributed by atoms with Gasteiger partial charge in [0, 0.05) is 41.8 Å². The first kappa shape index (κ1) is 21.0. The van der Waals surface area contributed by atoms with E-state index in [1.807, 2.05) is 12.1 Å². The van der Waals surface area contributed by atoms with E-state index in [4.69, 9.17) is 26.1 Å². The quantitative estimate of drug-likeness (QED) is 0.768. The molecule has 2 aliphatic heterocycles. The summed E-state index contributed by atoms with van der Waals surface area (Å²) < 4.78 is 10.9. The number of nitrogens with zero attached hydrogens (tertiary/aromatic N) is 2. The zero-order valence-corrected chi connectivity index (χ0v) is 18.4. The van der Waals surface area contributed by atoms with Crippen LogP contribution in [0.2, 0.25) is 5.02 Å². The summed E-state index contributed by atoms with van der Waals surface area (Å²) in [5, 5.41) is 14.9. The van der Waals surface area contributed by atoms with E-state index >= 15 is 0 Å². The number of aromatic hydroxyl groups is 1. The summed E-state index contributed by atoms with van der Waals surface area (Å²) in [6, 6.07) is 11.2. The van der Waals surface area contributed by atoms with E-state index in [0.717, 1.165) is 37.2 Å². The number of aliphatic imine (C=N–C) groups is 1. The fourth-order valence-electron chi connectivity index (χ4n) is 4.33. The zero-order chi connectivity index (χ0) is 21.3. The van der Waals surface area contributed by atoms with Gasteiger partial charge in [-0.05, 0) is 55.8 Å². The molecule has 160 valence electrons. The van der Waals surface area contributed by atoms with Crippen molar-refractivity contribution < 1.29 is 14.6 Å². The number of likely N-dealkylation sites (tertiary alicyclic amines) is 1. The second-order valence-electron chi connectivity index (χ2n) is 8.07. The standard InChI is InChI=1S/C23H28ClN3O3/c1-27-10-8-23(9-11-27)25-18(15-4-7-21(29-2)22(12-15)30-3)14-19(26-23)17-13-16(24)5-6-20(17)28/h4-7,12-13,18,25,28H,8-11,14H2,1-3H3/t18-/m0/s1. The van der Waals surface area contributed by atoms with Crippen molar-refractivity contribution in [1.82, 2.24) is 10.2 Å². The Bertz CT molecular complexity index is 955. The van der Waals surface area contributed by atoms with E-state index in [0.29, 0.717) is 28.5 Å². The number of ether oxygens (including phenoxy) is 2. The second kappa shape index (κ2) is 8.46. The summed E-state index contributed by atoms with van der Waals surface area (Å²) in [4.78, 5) is 7.45. The number of rotatable bonds is 4. The average Bonchev–Trinajstić information content (AvgIpc) is 2.77. The van der Waals surface area contributed by atoms with E-state index in [2.05, 4.69) is 23.3 Å². The molecule has 30 heavy (non-hydrogen) atoms. The lowest BCUT2D eigenvalue weighted by Crippen LogP contribution is -2.55. The lowest BCUT2D eigenvalue weighted by atomic mass is 9.87. The van der Waals surface area contributed by atoms with Crippen molar-refractivity contribution in [2.24, 2.45) is 4.99 Å². The van der Waals surface area contributed by atoms with Crippen LogP contribution < -0.4 is 14.8 Å². The van der Waals surface area contributed by atoms with Crippen molar-refractivity contribution >= 4 is 17.3 Å². The van der Waals surface area contributed by atoms with E-state index in [1.54, 1.807) is 32.4 Å². The SMILES string of the molecule is COc1ccc([C@@H]2CC(c3cc(Cl)ccc3O)=NC3(CCN(C)CC3)N2)cc1OC. The Morgan fingerprint density at radius 3 is 2.53 bits per heavy atom. The molecule has 2 N–H and O–H groups in total. The van der Waals surface area contributed by atoms with E-state index < -0.39 is 0 Å². The van der Waals surface area contributed by atoms with Gasteiger partial charge in [-0.25, -0.2) is 0 Å². The largest absolute Gasteiger partial charge is 0.507 e. The number of hydrogen-bond donors (Lipinski definition) is 2. The number of nitrogens with one attached hydrogen (secondary N) is 1. The molecule has 2 aromatic carbocycles. The van der Waals surface area contributed by atoms with Crippen LogP contribution in [0.25, 0.3) is 0 Å². The number of piperidine rings is 1. The normalized spacial score (nSPS) is 21.3. The molecule has 0 aromatic heterocycles. The van der Waals surface area contributed by atoms with Crippen molar-refractivity contribution in [3.63, 3.8) is 0 Å². The molecule has 0 amide bonds. The summed E-state index contributed by atoms with van der Waals surface area (Å²) in [7, 11) is 5.41. The number of halogens is 1. The minimum Gasteiger partial charge on any atom is -0.507 e. The lowest BCUT2D eigenvalue weighted by molar-refractivity contribution is 0.144. The third-order valence-electron chi connectivity index (χ3n) is 6.08. The third kappa shape index (κ3) is 4.13. The fraction of sp³-hybridized carbons (Fsp3) is 0.435. The average molecular weight is 430 g/mol. The predicted octanol–water partition coefficient (Wildman–Crippen LogP) is 4.01. The molecule has 1 atom stereocenters. The molecular weight excluding hydrogens is 402 g/mol. The first-order valence-electron chi connectivity index (χ1n) is 10.2. The van der Waals surface area contributed by atoms with Crippen LogP contribution in [0.4, 0.5) is 0 Å². The van der Waals surface area contributed by atoms with Gasteiger partial charge in [0.05, 0.1) is 14.2 Å². The molecule has 2 aromatic rings. The highest BCUT2D eigenvalue weighted by Crippen LogP contribution is 2.38. The summed E-state index contributed by atoms with van der Waals surface area (Å²) in [5.74, 6) is 1.60. The molecule has 0 unspecified atom stereocenters. The smallest absolute Gasteiger partial charge is 0.161 e. The summed E-state index contributed by atoms with van der Waals surface area (Å²) in [6.07, 6.45) is 2.44. The van der Waals surface area contributed by atoms with Gasteiger partial charge in [-0.3, -0.25) is 10.3 Å². The third-order valence-corrected chi connectivity index (χ3v) is 6.32. The molecule has 1 saturated heterocycles. The molecule has 2 heterocycles. The van der Waals surface area contributed by atoms with Gasteiger partial charge in [0.25, 0.3) is 0 Å². The minimum absolute atomic E-state index is 0.0269. The maximum Gasteiger partial charge on any atom is 0.161 e. The number of hydrogen-bond acceptors (Lipinski definition) is 6. The maximum absolute atomic E-state index is 10.5. The van der Waals surface area contributed by atoms with Gasteiger partial charge in [-0.1, -0.05) is 17.7 Å². The first-order chi connectivity index (χ1) is 14.4. The van der Waals surface area contributed by atoms with Crippen LogP contribution in [0.15, 0.2) is 41.4 Å². The van der Waals surface area contributed by atoms with Gasteiger partial charge in [0.15, 0.2) is 11.5 Å². The van der Waals surface area contributed by atoms with Crippen molar-refractivity contribution in [3.05, 3.63) is 52.5 Å². The Morgan fingerprint density at radius 1 is 1.10 bits per heavy atom. The summed E-state index contributed by atoms with van der Waals surface area (Å²) >= 11 is 6.24. The molecule has 0 bridgehead atoms. The predicted molar refractivity (Wildman–Crippen MR) is 119 cm³/mol. The van der Waals surface area contributed by atoms with Crippen LogP contribution in [0.1, 0.15) is 36.4 Å². The highest BCUT2D eigenvalue weighted by molar-refractivity contribution is 6.31. The van der Waals surface area contributed by atoms with E-state index in [1.165, 1.54) is 0 Å². The van der Waals surface area contributed by atoms with Crippen LogP contribution in [0, 0.1) is 0 Å². The Balaban J connectivity index is 1.75. The number of phenols is 1. The Hall–Kier alpha value is -2.28. The number of phenolic OH excluding ortho intramolecular Hbond substituents is 1. The lowest BCUT2D eigenvalue weighted by Gasteiger charge is -2.44. The molecule has 6 nitrogen and oxygen atoms in total. The first-order valence-corrected chi connectivity index (χ1v) is 10.6. The Labute approximate surface area is 182 Å². The Morgan fingerprint density at radius 2 is 1.83 bits per heavy atom. The number of methoxy groups -OCH3 is 2. The van der Waals surface area contributed by atoms with Gasteiger partial charge >= 0.3 is 0 Å².